The molecule has 30 heavy (non-hydrogen) atoms. The van der Waals surface area contributed by atoms with E-state index in [0.29, 0.717) is 16.6 Å². The first-order valence-corrected chi connectivity index (χ1v) is 10.2. The van der Waals surface area contributed by atoms with E-state index in [1.165, 1.54) is 11.8 Å². The summed E-state index contributed by atoms with van der Waals surface area (Å²) < 4.78 is 10.8. The molecular weight excluding hydrogens is 422 g/mol. The fraction of sp³-hybridized carbons (Fsp3) is 0.0455. The van der Waals surface area contributed by atoms with Gasteiger partial charge in [0.25, 0.3) is 11.8 Å². The Morgan fingerprint density at radius 3 is 2.50 bits per heavy atom. The van der Waals surface area contributed by atoms with Gasteiger partial charge >= 0.3 is 6.08 Å². The summed E-state index contributed by atoms with van der Waals surface area (Å²) in [5.41, 5.74) is 1.46. The number of ether oxygens (including phenoxy) is 1. The van der Waals surface area contributed by atoms with Crippen molar-refractivity contribution >= 4 is 35.0 Å². The van der Waals surface area contributed by atoms with Gasteiger partial charge < -0.3 is 14.5 Å². The minimum Gasteiger partial charge on any atom is -0.439 e. The number of carbonyl (C=O) groups excluding carboxylic acids is 1. The van der Waals surface area contributed by atoms with Crippen LogP contribution in [-0.2, 0) is 4.79 Å². The first kappa shape index (κ1) is 20.0. The molecule has 0 aliphatic carbocycles. The number of hydrogen-bond donors (Lipinski definition) is 1. The van der Waals surface area contributed by atoms with Crippen molar-refractivity contribution in [3.05, 3.63) is 83.9 Å². The number of aromatic nitrogens is 2. The number of amides is 1. The Balaban J connectivity index is 1.37. The average molecular weight is 438 g/mol. The van der Waals surface area contributed by atoms with E-state index in [1.54, 1.807) is 0 Å². The Morgan fingerprint density at radius 1 is 0.967 bits per heavy atom. The zero-order valence-corrected chi connectivity index (χ0v) is 17.2. The SMILES string of the molecule is O=C(COc1nnc(-c2ccccc2)o1)Nc1ccccc1Sc1ccc(Cl)cc1. The van der Waals surface area contributed by atoms with Gasteiger partial charge in [0.1, 0.15) is 0 Å². The Labute approximate surface area is 182 Å². The summed E-state index contributed by atoms with van der Waals surface area (Å²) in [4.78, 5) is 14.3. The number of benzene rings is 3. The Bertz CT molecular complexity index is 1130. The topological polar surface area (TPSA) is 77.2 Å². The quantitative estimate of drug-likeness (QED) is 0.408. The second-order valence-corrected chi connectivity index (χ2v) is 7.68. The number of rotatable bonds is 7. The van der Waals surface area contributed by atoms with Gasteiger partial charge in [-0.15, -0.1) is 5.10 Å². The van der Waals surface area contributed by atoms with Crippen LogP contribution >= 0.6 is 23.4 Å². The van der Waals surface area contributed by atoms with Crippen LogP contribution in [0, 0.1) is 0 Å². The number of anilines is 1. The molecule has 0 spiro atoms. The number of hydrogen-bond acceptors (Lipinski definition) is 6. The Morgan fingerprint density at radius 2 is 1.70 bits per heavy atom. The molecule has 0 atom stereocenters. The van der Waals surface area contributed by atoms with Crippen LogP contribution in [-0.4, -0.2) is 22.7 Å². The summed E-state index contributed by atoms with van der Waals surface area (Å²) >= 11 is 7.46. The highest BCUT2D eigenvalue weighted by atomic mass is 35.5. The highest BCUT2D eigenvalue weighted by Gasteiger charge is 2.13. The molecule has 1 aromatic heterocycles. The number of nitrogens with zero attached hydrogens (tertiary/aromatic N) is 2. The minimum atomic E-state index is -0.335. The smallest absolute Gasteiger partial charge is 0.415 e. The van der Waals surface area contributed by atoms with Crippen LogP contribution in [0.4, 0.5) is 5.69 Å². The van der Waals surface area contributed by atoms with E-state index >= 15 is 0 Å². The second kappa shape index (κ2) is 9.47. The molecule has 0 bridgehead atoms. The molecule has 0 saturated carbocycles. The Hall–Kier alpha value is -3.29. The molecule has 4 aromatic rings. The van der Waals surface area contributed by atoms with Crippen molar-refractivity contribution in [1.29, 1.82) is 0 Å². The third-order valence-electron chi connectivity index (χ3n) is 3.96. The molecule has 1 amide bonds. The van der Waals surface area contributed by atoms with Crippen LogP contribution in [0.15, 0.2) is 93.1 Å². The molecule has 0 aliphatic rings. The molecule has 1 heterocycles. The van der Waals surface area contributed by atoms with Crippen LogP contribution in [0.2, 0.25) is 5.02 Å². The molecule has 0 radical (unpaired) electrons. The van der Waals surface area contributed by atoms with Gasteiger partial charge in [0.2, 0.25) is 0 Å². The van der Waals surface area contributed by atoms with Crippen molar-refractivity contribution in [3.63, 3.8) is 0 Å². The number of para-hydroxylation sites is 1. The molecule has 1 N–H and O–H groups in total. The lowest BCUT2D eigenvalue weighted by molar-refractivity contribution is -0.118. The molecule has 6 nitrogen and oxygen atoms in total. The molecule has 3 aromatic carbocycles. The lowest BCUT2D eigenvalue weighted by atomic mass is 10.2. The molecule has 8 heteroatoms. The van der Waals surface area contributed by atoms with Crippen molar-refractivity contribution < 1.29 is 13.9 Å². The maximum Gasteiger partial charge on any atom is 0.415 e. The summed E-state index contributed by atoms with van der Waals surface area (Å²) in [6.07, 6.45) is -0.0622. The lowest BCUT2D eigenvalue weighted by Gasteiger charge is -2.10. The predicted molar refractivity (Wildman–Crippen MR) is 116 cm³/mol. The molecule has 150 valence electrons. The highest BCUT2D eigenvalue weighted by molar-refractivity contribution is 7.99. The predicted octanol–water partition coefficient (Wildman–Crippen LogP) is 5.56. The zero-order chi connectivity index (χ0) is 20.8. The normalized spacial score (nSPS) is 10.6. The van der Waals surface area contributed by atoms with Crippen molar-refractivity contribution in [3.8, 4) is 17.5 Å². The third kappa shape index (κ3) is 5.20. The summed E-state index contributed by atoms with van der Waals surface area (Å²) in [7, 11) is 0. The van der Waals surface area contributed by atoms with Gasteiger partial charge in [-0.25, -0.2) is 0 Å². The van der Waals surface area contributed by atoms with E-state index in [1.807, 2.05) is 78.9 Å². The summed E-state index contributed by atoms with van der Waals surface area (Å²) in [6, 6.07) is 24.4. The Kier molecular flexibility index (Phi) is 6.32. The fourth-order valence-corrected chi connectivity index (χ4v) is 3.60. The first-order valence-electron chi connectivity index (χ1n) is 9.01. The number of carbonyl (C=O) groups is 1. The van der Waals surface area contributed by atoms with Crippen LogP contribution in [0.1, 0.15) is 0 Å². The first-order chi connectivity index (χ1) is 14.7. The van der Waals surface area contributed by atoms with Crippen LogP contribution in [0.5, 0.6) is 6.08 Å². The van der Waals surface area contributed by atoms with Gasteiger partial charge in [-0.1, -0.05) is 58.8 Å². The molecule has 4 rings (SSSR count). The second-order valence-electron chi connectivity index (χ2n) is 6.13. The highest BCUT2D eigenvalue weighted by Crippen LogP contribution is 2.33. The molecule has 0 fully saturated rings. The zero-order valence-electron chi connectivity index (χ0n) is 15.6. The van der Waals surface area contributed by atoms with Gasteiger partial charge in [0.15, 0.2) is 6.61 Å². The maximum atomic E-state index is 12.4. The van der Waals surface area contributed by atoms with Crippen LogP contribution < -0.4 is 10.1 Å². The molecule has 0 saturated heterocycles. The standard InChI is InChI=1S/C22H16ClN3O3S/c23-16-10-12-17(13-11-16)30-19-9-5-4-8-18(19)24-20(27)14-28-22-26-25-21(29-22)15-6-2-1-3-7-15/h1-13H,14H2,(H,24,27). The van der Waals surface area contributed by atoms with E-state index in [0.717, 1.165) is 15.4 Å². The largest absolute Gasteiger partial charge is 0.439 e. The van der Waals surface area contributed by atoms with E-state index in [-0.39, 0.29) is 18.6 Å². The summed E-state index contributed by atoms with van der Waals surface area (Å²) in [5.74, 6) is -0.00524. The van der Waals surface area contributed by atoms with Crippen molar-refractivity contribution in [2.24, 2.45) is 0 Å². The third-order valence-corrected chi connectivity index (χ3v) is 5.29. The van der Waals surface area contributed by atoms with E-state index in [9.17, 15) is 4.79 Å². The summed E-state index contributed by atoms with van der Waals surface area (Å²) in [6.45, 7) is -0.254. The van der Waals surface area contributed by atoms with E-state index < -0.39 is 0 Å². The van der Waals surface area contributed by atoms with Gasteiger partial charge in [-0.2, -0.15) is 0 Å². The van der Waals surface area contributed by atoms with Crippen molar-refractivity contribution in [2.45, 2.75) is 9.79 Å². The van der Waals surface area contributed by atoms with E-state index in [2.05, 4.69) is 15.5 Å². The number of halogens is 1. The average Bonchev–Trinajstić information content (AvgIpc) is 3.25. The van der Waals surface area contributed by atoms with Gasteiger partial charge in [0.05, 0.1) is 5.69 Å². The maximum absolute atomic E-state index is 12.4. The van der Waals surface area contributed by atoms with Crippen molar-refractivity contribution in [2.75, 3.05) is 11.9 Å². The van der Waals surface area contributed by atoms with Gasteiger partial charge in [-0.3, -0.25) is 4.79 Å². The molecular formula is C22H16ClN3O3S. The van der Waals surface area contributed by atoms with E-state index in [4.69, 9.17) is 20.8 Å². The van der Waals surface area contributed by atoms with Crippen LogP contribution in [0.3, 0.4) is 0 Å². The summed E-state index contributed by atoms with van der Waals surface area (Å²) in [5, 5.41) is 11.3. The van der Waals surface area contributed by atoms with Crippen LogP contribution in [0.25, 0.3) is 11.5 Å². The van der Waals surface area contributed by atoms with Crippen molar-refractivity contribution in [1.82, 2.24) is 10.2 Å². The van der Waals surface area contributed by atoms with Gasteiger partial charge in [-0.05, 0) is 48.5 Å². The monoisotopic (exact) mass is 437 g/mol. The lowest BCUT2D eigenvalue weighted by Crippen LogP contribution is -2.20. The number of nitrogens with one attached hydrogen (secondary N) is 1. The molecule has 0 aliphatic heterocycles. The van der Waals surface area contributed by atoms with Gasteiger partial charge in [0, 0.05) is 20.4 Å². The molecule has 0 unspecified atom stereocenters. The fourth-order valence-electron chi connectivity index (χ4n) is 2.57. The minimum absolute atomic E-state index is 0.0622.